The van der Waals surface area contributed by atoms with Gasteiger partial charge in [0.25, 0.3) is 0 Å². The van der Waals surface area contributed by atoms with Gasteiger partial charge in [-0.05, 0) is 36.7 Å². The van der Waals surface area contributed by atoms with Crippen LogP contribution in [0.2, 0.25) is 0 Å². The van der Waals surface area contributed by atoms with Gasteiger partial charge in [-0.3, -0.25) is 0 Å². The van der Waals surface area contributed by atoms with E-state index in [1.807, 2.05) is 0 Å². The SMILES string of the molecule is CC(C)COC1CC(c2ccccc2)CCC1N. The molecule has 3 unspecified atom stereocenters. The molecule has 0 radical (unpaired) electrons. The fourth-order valence-electron chi connectivity index (χ4n) is 2.69. The summed E-state index contributed by atoms with van der Waals surface area (Å²) in [7, 11) is 0. The van der Waals surface area contributed by atoms with Crippen LogP contribution in [0.3, 0.4) is 0 Å². The number of rotatable bonds is 4. The Morgan fingerprint density at radius 2 is 1.94 bits per heavy atom. The van der Waals surface area contributed by atoms with Gasteiger partial charge in [0.05, 0.1) is 6.10 Å². The maximum Gasteiger partial charge on any atom is 0.0731 e. The van der Waals surface area contributed by atoms with Crippen molar-refractivity contribution in [2.75, 3.05) is 6.61 Å². The second kappa shape index (κ2) is 6.35. The molecule has 1 saturated carbocycles. The first-order chi connectivity index (χ1) is 8.66. The number of nitrogens with two attached hydrogens (primary N) is 1. The fourth-order valence-corrected chi connectivity index (χ4v) is 2.69. The molecule has 1 aromatic rings. The predicted octanol–water partition coefficient (Wildman–Crippen LogP) is 3.32. The summed E-state index contributed by atoms with van der Waals surface area (Å²) in [4.78, 5) is 0. The molecule has 2 N–H and O–H groups in total. The first-order valence-corrected chi connectivity index (χ1v) is 7.09. The van der Waals surface area contributed by atoms with Gasteiger partial charge in [0.2, 0.25) is 0 Å². The molecule has 0 aliphatic heterocycles. The molecular weight excluding hydrogens is 222 g/mol. The molecule has 2 heteroatoms. The van der Waals surface area contributed by atoms with E-state index in [1.54, 1.807) is 0 Å². The molecule has 0 amide bonds. The van der Waals surface area contributed by atoms with Crippen molar-refractivity contribution in [3.8, 4) is 0 Å². The van der Waals surface area contributed by atoms with Gasteiger partial charge in [-0.15, -0.1) is 0 Å². The molecule has 0 spiro atoms. The van der Waals surface area contributed by atoms with Gasteiger partial charge < -0.3 is 10.5 Å². The van der Waals surface area contributed by atoms with Gasteiger partial charge >= 0.3 is 0 Å². The van der Waals surface area contributed by atoms with Crippen LogP contribution in [0.4, 0.5) is 0 Å². The average Bonchev–Trinajstić information content (AvgIpc) is 2.38. The molecule has 100 valence electrons. The van der Waals surface area contributed by atoms with Crippen molar-refractivity contribution in [1.82, 2.24) is 0 Å². The van der Waals surface area contributed by atoms with Gasteiger partial charge in [-0.1, -0.05) is 44.2 Å². The average molecular weight is 247 g/mol. The molecule has 1 aliphatic rings. The molecule has 0 saturated heterocycles. The van der Waals surface area contributed by atoms with Crippen LogP contribution >= 0.6 is 0 Å². The van der Waals surface area contributed by atoms with E-state index in [0.717, 1.165) is 19.4 Å². The highest BCUT2D eigenvalue weighted by atomic mass is 16.5. The van der Waals surface area contributed by atoms with Crippen molar-refractivity contribution in [2.45, 2.75) is 51.2 Å². The van der Waals surface area contributed by atoms with Crippen LogP contribution in [0.25, 0.3) is 0 Å². The molecule has 1 fully saturated rings. The van der Waals surface area contributed by atoms with Gasteiger partial charge in [0.1, 0.15) is 0 Å². The lowest BCUT2D eigenvalue weighted by Crippen LogP contribution is -2.42. The van der Waals surface area contributed by atoms with Crippen LogP contribution in [0.1, 0.15) is 44.6 Å². The predicted molar refractivity (Wildman–Crippen MR) is 75.6 cm³/mol. The normalized spacial score (nSPS) is 28.6. The first-order valence-electron chi connectivity index (χ1n) is 7.09. The lowest BCUT2D eigenvalue weighted by atomic mass is 9.80. The second-order valence-corrected chi connectivity index (χ2v) is 5.85. The summed E-state index contributed by atoms with van der Waals surface area (Å²) in [6.45, 7) is 5.19. The third-order valence-corrected chi connectivity index (χ3v) is 3.76. The van der Waals surface area contributed by atoms with Crippen LogP contribution in [0.5, 0.6) is 0 Å². The van der Waals surface area contributed by atoms with Gasteiger partial charge in [0.15, 0.2) is 0 Å². The Balaban J connectivity index is 1.96. The van der Waals surface area contributed by atoms with E-state index in [9.17, 15) is 0 Å². The number of benzene rings is 1. The van der Waals surface area contributed by atoms with Crippen molar-refractivity contribution in [3.63, 3.8) is 0 Å². The molecule has 0 aromatic heterocycles. The monoisotopic (exact) mass is 247 g/mol. The van der Waals surface area contributed by atoms with Crippen LogP contribution in [-0.4, -0.2) is 18.8 Å². The van der Waals surface area contributed by atoms with Crippen LogP contribution in [0.15, 0.2) is 30.3 Å². The Hall–Kier alpha value is -0.860. The third-order valence-electron chi connectivity index (χ3n) is 3.76. The molecule has 0 bridgehead atoms. The molecule has 2 rings (SSSR count). The van der Waals surface area contributed by atoms with Crippen molar-refractivity contribution in [2.24, 2.45) is 11.7 Å². The summed E-state index contributed by atoms with van der Waals surface area (Å²) in [5.74, 6) is 1.19. The van der Waals surface area contributed by atoms with Gasteiger partial charge in [0, 0.05) is 12.6 Å². The zero-order valence-corrected chi connectivity index (χ0v) is 11.5. The third kappa shape index (κ3) is 3.56. The molecule has 0 heterocycles. The molecule has 18 heavy (non-hydrogen) atoms. The van der Waals surface area contributed by atoms with E-state index in [2.05, 4.69) is 44.2 Å². The minimum absolute atomic E-state index is 0.212. The summed E-state index contributed by atoms with van der Waals surface area (Å²) in [5, 5.41) is 0. The molecule has 1 aromatic carbocycles. The quantitative estimate of drug-likeness (QED) is 0.886. The summed E-state index contributed by atoms with van der Waals surface area (Å²) in [6, 6.07) is 11.0. The molecule has 2 nitrogen and oxygen atoms in total. The number of ether oxygens (including phenoxy) is 1. The Bertz CT molecular complexity index is 349. The summed E-state index contributed by atoms with van der Waals surface area (Å²) in [5.41, 5.74) is 7.61. The Morgan fingerprint density at radius 1 is 1.22 bits per heavy atom. The van der Waals surface area contributed by atoms with E-state index in [-0.39, 0.29) is 12.1 Å². The van der Waals surface area contributed by atoms with E-state index in [4.69, 9.17) is 10.5 Å². The lowest BCUT2D eigenvalue weighted by molar-refractivity contribution is -0.00355. The smallest absolute Gasteiger partial charge is 0.0731 e. The summed E-state index contributed by atoms with van der Waals surface area (Å²) >= 11 is 0. The molecule has 3 atom stereocenters. The first kappa shape index (κ1) is 13.6. The molecule has 1 aliphatic carbocycles. The Labute approximate surface area is 111 Å². The van der Waals surface area contributed by atoms with Gasteiger partial charge in [-0.2, -0.15) is 0 Å². The van der Waals surface area contributed by atoms with E-state index >= 15 is 0 Å². The molecular formula is C16H25NO. The van der Waals surface area contributed by atoms with E-state index in [0.29, 0.717) is 11.8 Å². The zero-order valence-electron chi connectivity index (χ0n) is 11.5. The van der Waals surface area contributed by atoms with Crippen LogP contribution < -0.4 is 5.73 Å². The maximum atomic E-state index is 6.18. The van der Waals surface area contributed by atoms with Gasteiger partial charge in [-0.25, -0.2) is 0 Å². The van der Waals surface area contributed by atoms with E-state index in [1.165, 1.54) is 12.0 Å². The van der Waals surface area contributed by atoms with E-state index < -0.39 is 0 Å². The largest absolute Gasteiger partial charge is 0.376 e. The Morgan fingerprint density at radius 3 is 2.61 bits per heavy atom. The highest BCUT2D eigenvalue weighted by Gasteiger charge is 2.29. The number of hydrogen-bond acceptors (Lipinski definition) is 2. The van der Waals surface area contributed by atoms with Crippen molar-refractivity contribution in [1.29, 1.82) is 0 Å². The lowest BCUT2D eigenvalue weighted by Gasteiger charge is -2.34. The minimum atomic E-state index is 0.212. The highest BCUT2D eigenvalue weighted by Crippen LogP contribution is 2.33. The zero-order chi connectivity index (χ0) is 13.0. The number of hydrogen-bond donors (Lipinski definition) is 1. The Kier molecular flexibility index (Phi) is 4.79. The fraction of sp³-hybridized carbons (Fsp3) is 0.625. The van der Waals surface area contributed by atoms with Crippen molar-refractivity contribution >= 4 is 0 Å². The summed E-state index contributed by atoms with van der Waals surface area (Å²) < 4.78 is 5.98. The highest BCUT2D eigenvalue weighted by molar-refractivity contribution is 5.20. The van der Waals surface area contributed by atoms with Crippen molar-refractivity contribution < 1.29 is 4.74 Å². The van der Waals surface area contributed by atoms with Crippen LogP contribution in [0, 0.1) is 5.92 Å². The maximum absolute atomic E-state index is 6.18. The second-order valence-electron chi connectivity index (χ2n) is 5.85. The topological polar surface area (TPSA) is 35.2 Å². The standard InChI is InChI=1S/C16H25NO/c1-12(2)11-18-16-10-14(8-9-15(16)17)13-6-4-3-5-7-13/h3-7,12,14-16H,8-11,17H2,1-2H3. The van der Waals surface area contributed by atoms with Crippen molar-refractivity contribution in [3.05, 3.63) is 35.9 Å². The van der Waals surface area contributed by atoms with Crippen LogP contribution in [-0.2, 0) is 4.74 Å². The minimum Gasteiger partial charge on any atom is -0.376 e. The summed E-state index contributed by atoms with van der Waals surface area (Å²) in [6.07, 6.45) is 3.55.